The van der Waals surface area contributed by atoms with E-state index < -0.39 is 0 Å². The summed E-state index contributed by atoms with van der Waals surface area (Å²) < 4.78 is 14.6. The minimum Gasteiger partial charge on any atom is -0.313 e. The summed E-state index contributed by atoms with van der Waals surface area (Å²) in [4.78, 5) is 0. The number of hydrogen-bond acceptors (Lipinski definition) is 1. The van der Waals surface area contributed by atoms with Crippen molar-refractivity contribution in [2.45, 2.75) is 12.5 Å². The van der Waals surface area contributed by atoms with Gasteiger partial charge in [0.15, 0.2) is 0 Å². The smallest absolute Gasteiger partial charge is 0.126 e. The molecule has 2 rings (SSSR count). The van der Waals surface area contributed by atoms with E-state index >= 15 is 0 Å². The third-order valence-electron chi connectivity index (χ3n) is 3.13. The molecule has 1 unspecified atom stereocenters. The number of benzene rings is 2. The monoisotopic (exact) mass is 375 g/mol. The molecule has 0 radical (unpaired) electrons. The summed E-state index contributed by atoms with van der Waals surface area (Å²) in [6.07, 6.45) is 0.511. The molecule has 5 heteroatoms. The van der Waals surface area contributed by atoms with Crippen LogP contribution in [0.2, 0.25) is 10.0 Å². The number of likely N-dealkylation sites (N-methyl/N-ethyl adjacent to an activating group) is 1. The van der Waals surface area contributed by atoms with Crippen molar-refractivity contribution in [3.8, 4) is 0 Å². The zero-order valence-corrected chi connectivity index (χ0v) is 13.9. The SMILES string of the molecule is CNC(Cc1cc(Cl)ccc1F)c1ccc(Cl)c(Br)c1. The fourth-order valence-corrected chi connectivity index (χ4v) is 2.74. The molecule has 0 aliphatic rings. The predicted molar refractivity (Wildman–Crippen MR) is 86.1 cm³/mol. The number of halogens is 4. The molecule has 0 aromatic heterocycles. The molecule has 0 aliphatic carbocycles. The van der Waals surface area contributed by atoms with Crippen LogP contribution in [0.3, 0.4) is 0 Å². The van der Waals surface area contributed by atoms with Crippen molar-refractivity contribution in [3.63, 3.8) is 0 Å². The average Bonchev–Trinajstić information content (AvgIpc) is 2.43. The van der Waals surface area contributed by atoms with Crippen LogP contribution in [0.1, 0.15) is 17.2 Å². The molecule has 1 N–H and O–H groups in total. The topological polar surface area (TPSA) is 12.0 Å². The van der Waals surface area contributed by atoms with Gasteiger partial charge in [0.05, 0.1) is 5.02 Å². The molecule has 0 bridgehead atoms. The second kappa shape index (κ2) is 6.90. The summed E-state index contributed by atoms with van der Waals surface area (Å²) in [6.45, 7) is 0. The van der Waals surface area contributed by atoms with E-state index in [9.17, 15) is 4.39 Å². The maximum Gasteiger partial charge on any atom is 0.126 e. The van der Waals surface area contributed by atoms with Crippen LogP contribution in [0.4, 0.5) is 4.39 Å². The molecule has 2 aromatic carbocycles. The largest absolute Gasteiger partial charge is 0.313 e. The molecule has 0 fully saturated rings. The van der Waals surface area contributed by atoms with Crippen molar-refractivity contribution < 1.29 is 4.39 Å². The lowest BCUT2D eigenvalue weighted by Gasteiger charge is -2.18. The maximum absolute atomic E-state index is 13.8. The summed E-state index contributed by atoms with van der Waals surface area (Å²) in [7, 11) is 1.84. The standard InChI is InChI=1S/C15H13BrCl2FN/c1-20-15(9-2-4-13(18)12(16)7-9)8-10-6-11(17)3-5-14(10)19/h2-7,15,20H,8H2,1H3. The van der Waals surface area contributed by atoms with Gasteiger partial charge in [-0.05, 0) is 70.9 Å². The molecule has 0 saturated heterocycles. The van der Waals surface area contributed by atoms with Crippen molar-refractivity contribution in [2.75, 3.05) is 7.05 Å². The lowest BCUT2D eigenvalue weighted by Crippen LogP contribution is -2.19. The quantitative estimate of drug-likeness (QED) is 0.753. The van der Waals surface area contributed by atoms with Gasteiger partial charge in [0.1, 0.15) is 5.82 Å². The first-order valence-electron chi connectivity index (χ1n) is 6.07. The Morgan fingerprint density at radius 3 is 2.60 bits per heavy atom. The van der Waals surface area contributed by atoms with E-state index in [0.29, 0.717) is 22.0 Å². The van der Waals surface area contributed by atoms with E-state index in [4.69, 9.17) is 23.2 Å². The number of nitrogens with one attached hydrogen (secondary N) is 1. The Labute approximate surface area is 136 Å². The van der Waals surface area contributed by atoms with Crippen LogP contribution in [-0.2, 0) is 6.42 Å². The Morgan fingerprint density at radius 1 is 1.20 bits per heavy atom. The highest BCUT2D eigenvalue weighted by atomic mass is 79.9. The Balaban J connectivity index is 2.28. The van der Waals surface area contributed by atoms with Crippen molar-refractivity contribution in [1.82, 2.24) is 5.32 Å². The van der Waals surface area contributed by atoms with Crippen LogP contribution >= 0.6 is 39.1 Å². The molecular weight excluding hydrogens is 364 g/mol. The normalized spacial score (nSPS) is 12.4. The first kappa shape index (κ1) is 15.8. The molecule has 0 saturated carbocycles. The van der Waals surface area contributed by atoms with E-state index in [2.05, 4.69) is 21.2 Å². The van der Waals surface area contributed by atoms with Crippen LogP contribution in [-0.4, -0.2) is 7.05 Å². The lowest BCUT2D eigenvalue weighted by atomic mass is 9.99. The Hall–Kier alpha value is -0.610. The van der Waals surface area contributed by atoms with E-state index in [1.807, 2.05) is 25.2 Å². The van der Waals surface area contributed by atoms with Gasteiger partial charge >= 0.3 is 0 Å². The molecule has 0 heterocycles. The lowest BCUT2D eigenvalue weighted by molar-refractivity contribution is 0.554. The van der Waals surface area contributed by atoms with E-state index in [0.717, 1.165) is 10.0 Å². The third kappa shape index (κ3) is 3.73. The van der Waals surface area contributed by atoms with Crippen molar-refractivity contribution in [2.24, 2.45) is 0 Å². The summed E-state index contributed by atoms with van der Waals surface area (Å²) in [5, 5.41) is 4.37. The third-order valence-corrected chi connectivity index (χ3v) is 4.58. The molecule has 20 heavy (non-hydrogen) atoms. The van der Waals surface area contributed by atoms with Gasteiger partial charge in [-0.2, -0.15) is 0 Å². The zero-order valence-electron chi connectivity index (χ0n) is 10.8. The van der Waals surface area contributed by atoms with Gasteiger partial charge in [0.25, 0.3) is 0 Å². The molecule has 1 nitrogen and oxygen atoms in total. The van der Waals surface area contributed by atoms with Gasteiger partial charge in [-0.25, -0.2) is 4.39 Å². The van der Waals surface area contributed by atoms with Crippen LogP contribution in [0.15, 0.2) is 40.9 Å². The van der Waals surface area contributed by atoms with E-state index in [-0.39, 0.29) is 11.9 Å². The zero-order chi connectivity index (χ0) is 14.7. The summed E-state index contributed by atoms with van der Waals surface area (Å²) in [5.41, 5.74) is 1.62. The number of hydrogen-bond donors (Lipinski definition) is 1. The second-order valence-electron chi connectivity index (χ2n) is 4.45. The van der Waals surface area contributed by atoms with Crippen LogP contribution in [0.5, 0.6) is 0 Å². The van der Waals surface area contributed by atoms with Crippen LogP contribution in [0.25, 0.3) is 0 Å². The van der Waals surface area contributed by atoms with Gasteiger partial charge in [-0.3, -0.25) is 0 Å². The molecule has 0 aliphatic heterocycles. The van der Waals surface area contributed by atoms with Crippen molar-refractivity contribution in [1.29, 1.82) is 0 Å². The molecule has 2 aromatic rings. The first-order chi connectivity index (χ1) is 9.51. The molecule has 1 atom stereocenters. The van der Waals surface area contributed by atoms with Gasteiger partial charge < -0.3 is 5.32 Å². The number of rotatable bonds is 4. The van der Waals surface area contributed by atoms with E-state index in [1.54, 1.807) is 12.1 Å². The molecule has 0 spiro atoms. The molecular formula is C15H13BrCl2FN. The highest BCUT2D eigenvalue weighted by molar-refractivity contribution is 9.10. The van der Waals surface area contributed by atoms with Gasteiger partial charge in [-0.1, -0.05) is 29.3 Å². The maximum atomic E-state index is 13.8. The average molecular weight is 377 g/mol. The predicted octanol–water partition coefficient (Wildman–Crippen LogP) is 5.40. The summed E-state index contributed by atoms with van der Waals surface area (Å²) in [5.74, 6) is -0.248. The van der Waals surface area contributed by atoms with E-state index in [1.165, 1.54) is 6.07 Å². The first-order valence-corrected chi connectivity index (χ1v) is 7.62. The summed E-state index contributed by atoms with van der Waals surface area (Å²) >= 11 is 15.3. The molecule has 106 valence electrons. The van der Waals surface area contributed by atoms with Gasteiger partial charge in [-0.15, -0.1) is 0 Å². The highest BCUT2D eigenvalue weighted by Gasteiger charge is 2.14. The minimum absolute atomic E-state index is 0.0171. The fraction of sp³-hybridized carbons (Fsp3) is 0.200. The highest BCUT2D eigenvalue weighted by Crippen LogP contribution is 2.28. The second-order valence-corrected chi connectivity index (χ2v) is 6.15. The Bertz CT molecular complexity index is 619. The van der Waals surface area contributed by atoms with Crippen LogP contribution < -0.4 is 5.32 Å². The van der Waals surface area contributed by atoms with Gasteiger partial charge in [0, 0.05) is 15.5 Å². The fourth-order valence-electron chi connectivity index (χ4n) is 2.04. The van der Waals surface area contributed by atoms with Crippen LogP contribution in [0, 0.1) is 5.82 Å². The Kier molecular flexibility index (Phi) is 5.44. The van der Waals surface area contributed by atoms with Crippen molar-refractivity contribution >= 4 is 39.1 Å². The molecule has 0 amide bonds. The Morgan fingerprint density at radius 2 is 1.95 bits per heavy atom. The van der Waals surface area contributed by atoms with Gasteiger partial charge in [0.2, 0.25) is 0 Å². The minimum atomic E-state index is -0.248. The summed E-state index contributed by atoms with van der Waals surface area (Å²) in [6, 6.07) is 10.3. The van der Waals surface area contributed by atoms with Crippen molar-refractivity contribution in [3.05, 3.63) is 67.9 Å².